The first-order valence-electron chi connectivity index (χ1n) is 2.86. The van der Waals surface area contributed by atoms with E-state index in [-0.39, 0.29) is 0 Å². The molecule has 0 aromatic rings. The molecule has 3 nitrogen and oxygen atoms in total. The second-order valence-corrected chi connectivity index (χ2v) is 2.12. The molecule has 2 N–H and O–H groups in total. The summed E-state index contributed by atoms with van der Waals surface area (Å²) in [7, 11) is 0. The van der Waals surface area contributed by atoms with Crippen LogP contribution in [0.25, 0.3) is 0 Å². The van der Waals surface area contributed by atoms with E-state index >= 15 is 0 Å². The molecule has 0 spiro atoms. The van der Waals surface area contributed by atoms with E-state index in [1.165, 1.54) is 0 Å². The molecule has 0 bridgehead atoms. The van der Waals surface area contributed by atoms with Gasteiger partial charge < -0.3 is 10.4 Å². The number of aliphatic imine (C=N–C) groups is 1. The quantitative estimate of drug-likeness (QED) is 0.488. The molecular weight excluding hydrogens is 116 g/mol. The van der Waals surface area contributed by atoms with Crippen molar-refractivity contribution in [2.45, 2.75) is 20.2 Å². The van der Waals surface area contributed by atoms with Crippen LogP contribution in [-0.2, 0) is 0 Å². The largest absolute Gasteiger partial charge is 0.355 e. The van der Waals surface area contributed by atoms with Gasteiger partial charge in [-0.15, -0.1) is 0 Å². The van der Waals surface area contributed by atoms with E-state index in [1.807, 2.05) is 19.9 Å². The van der Waals surface area contributed by atoms with Gasteiger partial charge in [-0.3, -0.25) is 0 Å². The number of hydrogen-bond acceptors (Lipinski definition) is 3. The number of nitrogens with one attached hydrogen (secondary N) is 1. The highest BCUT2D eigenvalue weighted by atomic mass is 16.3. The van der Waals surface area contributed by atoms with Gasteiger partial charge in [-0.05, 0) is 19.9 Å². The summed E-state index contributed by atoms with van der Waals surface area (Å²) >= 11 is 0. The highest BCUT2D eigenvalue weighted by Gasteiger charge is 2.04. The predicted molar refractivity (Wildman–Crippen MR) is 36.0 cm³/mol. The van der Waals surface area contributed by atoms with E-state index in [0.29, 0.717) is 0 Å². The van der Waals surface area contributed by atoms with Crippen LogP contribution in [0, 0.1) is 0 Å². The first-order chi connectivity index (χ1) is 4.18. The highest BCUT2D eigenvalue weighted by Crippen LogP contribution is 1.98. The fourth-order valence-corrected chi connectivity index (χ4v) is 0.821. The zero-order chi connectivity index (χ0) is 6.85. The summed E-state index contributed by atoms with van der Waals surface area (Å²) in [6, 6.07) is 0. The first kappa shape index (κ1) is 6.29. The van der Waals surface area contributed by atoms with E-state index in [0.717, 1.165) is 11.4 Å². The second kappa shape index (κ2) is 2.19. The van der Waals surface area contributed by atoms with Crippen LogP contribution in [-0.4, -0.2) is 17.2 Å². The van der Waals surface area contributed by atoms with Gasteiger partial charge in [0.05, 0.1) is 0 Å². The zero-order valence-corrected chi connectivity index (χ0v) is 5.55. The SMILES string of the molecule is CC1=CC(C)=N[C@@H](O)N1. The van der Waals surface area contributed by atoms with Gasteiger partial charge in [-0.25, -0.2) is 4.99 Å². The Balaban J connectivity index is 2.74. The van der Waals surface area contributed by atoms with Crippen LogP contribution in [0.15, 0.2) is 16.8 Å². The second-order valence-electron chi connectivity index (χ2n) is 2.12. The van der Waals surface area contributed by atoms with Crippen molar-refractivity contribution in [3.63, 3.8) is 0 Å². The van der Waals surface area contributed by atoms with Gasteiger partial charge in [-0.1, -0.05) is 0 Å². The van der Waals surface area contributed by atoms with Crippen molar-refractivity contribution < 1.29 is 5.11 Å². The number of aliphatic hydroxyl groups excluding tert-OH is 1. The molecule has 0 aromatic carbocycles. The van der Waals surface area contributed by atoms with Crippen LogP contribution in [0.5, 0.6) is 0 Å². The molecule has 1 rings (SSSR count). The van der Waals surface area contributed by atoms with E-state index in [1.54, 1.807) is 0 Å². The standard InChI is InChI=1S/C6H10N2O/c1-4-3-5(2)8-6(9)7-4/h3,6-7,9H,1-2H3/t6-/m0/s1. The maximum atomic E-state index is 8.91. The Bertz CT molecular complexity index is 172. The Hall–Kier alpha value is -0.830. The van der Waals surface area contributed by atoms with Crippen molar-refractivity contribution >= 4 is 5.71 Å². The Morgan fingerprint density at radius 1 is 1.67 bits per heavy atom. The van der Waals surface area contributed by atoms with Crippen LogP contribution in [0.3, 0.4) is 0 Å². The average Bonchev–Trinajstić information content (AvgIpc) is 1.59. The predicted octanol–water partition coefficient (Wildman–Crippen LogP) is 0.230. The van der Waals surface area contributed by atoms with Gasteiger partial charge in [0, 0.05) is 11.4 Å². The number of aliphatic hydroxyl groups is 1. The van der Waals surface area contributed by atoms with Crippen LogP contribution in [0.4, 0.5) is 0 Å². The lowest BCUT2D eigenvalue weighted by atomic mass is 10.3. The summed E-state index contributed by atoms with van der Waals surface area (Å²) in [5.41, 5.74) is 1.81. The normalized spacial score (nSPS) is 26.3. The maximum absolute atomic E-state index is 8.91. The molecule has 9 heavy (non-hydrogen) atoms. The molecule has 0 aromatic heterocycles. The molecule has 1 aliphatic rings. The first-order valence-corrected chi connectivity index (χ1v) is 2.86. The van der Waals surface area contributed by atoms with Gasteiger partial charge in [-0.2, -0.15) is 0 Å². The lowest BCUT2D eigenvalue weighted by Crippen LogP contribution is -2.29. The molecule has 0 saturated carbocycles. The van der Waals surface area contributed by atoms with Crippen molar-refractivity contribution in [3.05, 3.63) is 11.8 Å². The van der Waals surface area contributed by atoms with Crippen LogP contribution in [0.1, 0.15) is 13.8 Å². The van der Waals surface area contributed by atoms with E-state index in [9.17, 15) is 0 Å². The van der Waals surface area contributed by atoms with Crippen molar-refractivity contribution in [2.75, 3.05) is 0 Å². The van der Waals surface area contributed by atoms with Crippen molar-refractivity contribution in [3.8, 4) is 0 Å². The Morgan fingerprint density at radius 3 is 2.78 bits per heavy atom. The van der Waals surface area contributed by atoms with Gasteiger partial charge in [0.1, 0.15) is 0 Å². The van der Waals surface area contributed by atoms with E-state index in [4.69, 9.17) is 5.11 Å². The Morgan fingerprint density at radius 2 is 2.33 bits per heavy atom. The van der Waals surface area contributed by atoms with Crippen molar-refractivity contribution in [2.24, 2.45) is 4.99 Å². The third kappa shape index (κ3) is 1.54. The summed E-state index contributed by atoms with van der Waals surface area (Å²) < 4.78 is 0. The number of allylic oxidation sites excluding steroid dienone is 2. The molecule has 0 radical (unpaired) electrons. The number of rotatable bonds is 0. The van der Waals surface area contributed by atoms with Crippen LogP contribution < -0.4 is 5.32 Å². The van der Waals surface area contributed by atoms with E-state index in [2.05, 4.69) is 10.3 Å². The molecule has 0 saturated heterocycles. The zero-order valence-electron chi connectivity index (χ0n) is 5.55. The molecule has 1 heterocycles. The van der Waals surface area contributed by atoms with Gasteiger partial charge in [0.25, 0.3) is 0 Å². The van der Waals surface area contributed by atoms with Crippen molar-refractivity contribution in [1.82, 2.24) is 5.32 Å². The number of nitrogens with zero attached hydrogens (tertiary/aromatic N) is 1. The van der Waals surface area contributed by atoms with Crippen LogP contribution in [0.2, 0.25) is 0 Å². The third-order valence-corrected chi connectivity index (χ3v) is 1.11. The van der Waals surface area contributed by atoms with Crippen molar-refractivity contribution in [1.29, 1.82) is 0 Å². The minimum atomic E-state index is -0.741. The molecule has 0 unspecified atom stereocenters. The Labute approximate surface area is 54.1 Å². The molecule has 1 atom stereocenters. The van der Waals surface area contributed by atoms with Gasteiger partial charge in [0.2, 0.25) is 6.35 Å². The smallest absolute Gasteiger partial charge is 0.222 e. The van der Waals surface area contributed by atoms with Gasteiger partial charge in [0.15, 0.2) is 0 Å². The molecule has 0 aliphatic carbocycles. The lowest BCUT2D eigenvalue weighted by Gasteiger charge is -2.14. The van der Waals surface area contributed by atoms with E-state index < -0.39 is 6.35 Å². The Kier molecular flexibility index (Phi) is 1.53. The van der Waals surface area contributed by atoms with Crippen LogP contribution >= 0.6 is 0 Å². The molecule has 3 heteroatoms. The fourth-order valence-electron chi connectivity index (χ4n) is 0.821. The summed E-state index contributed by atoms with van der Waals surface area (Å²) in [5.74, 6) is 0. The molecule has 50 valence electrons. The number of hydrogen-bond donors (Lipinski definition) is 2. The minimum Gasteiger partial charge on any atom is -0.355 e. The molecule has 1 aliphatic heterocycles. The third-order valence-electron chi connectivity index (χ3n) is 1.11. The molecular formula is C6H10N2O. The summed E-state index contributed by atoms with van der Waals surface area (Å²) in [6.07, 6.45) is 1.14. The highest BCUT2D eigenvalue weighted by molar-refractivity contribution is 5.93. The summed E-state index contributed by atoms with van der Waals surface area (Å²) in [5, 5.41) is 11.6. The fraction of sp³-hybridized carbons (Fsp3) is 0.500. The average molecular weight is 126 g/mol. The molecule has 0 fully saturated rings. The lowest BCUT2D eigenvalue weighted by molar-refractivity contribution is 0.157. The maximum Gasteiger partial charge on any atom is 0.222 e. The summed E-state index contributed by atoms with van der Waals surface area (Å²) in [6.45, 7) is 3.74. The molecule has 0 amide bonds. The topological polar surface area (TPSA) is 44.6 Å². The minimum absolute atomic E-state index is 0.741. The summed E-state index contributed by atoms with van der Waals surface area (Å²) in [4.78, 5) is 3.82. The monoisotopic (exact) mass is 126 g/mol. The van der Waals surface area contributed by atoms with Gasteiger partial charge >= 0.3 is 0 Å².